The van der Waals surface area contributed by atoms with Gasteiger partial charge in [-0.15, -0.1) is 0 Å². The van der Waals surface area contributed by atoms with Gasteiger partial charge in [0.2, 0.25) is 0 Å². The van der Waals surface area contributed by atoms with E-state index in [0.717, 1.165) is 25.9 Å². The van der Waals surface area contributed by atoms with Gasteiger partial charge in [-0.25, -0.2) is 0 Å². The van der Waals surface area contributed by atoms with Gasteiger partial charge in [0.05, 0.1) is 11.5 Å². The van der Waals surface area contributed by atoms with E-state index in [1.165, 1.54) is 0 Å². The van der Waals surface area contributed by atoms with Crippen molar-refractivity contribution in [1.82, 2.24) is 4.90 Å². The molecule has 1 fully saturated rings. The molecule has 0 aromatic carbocycles. The number of hydrogen-bond acceptors (Lipinski definition) is 2. The van der Waals surface area contributed by atoms with Crippen LogP contribution < -0.4 is 0 Å². The third-order valence-corrected chi connectivity index (χ3v) is 2.46. The zero-order valence-corrected chi connectivity index (χ0v) is 6.72. The molecule has 1 rings (SSSR count). The highest BCUT2D eigenvalue weighted by molar-refractivity contribution is 5.03. The molecule has 1 heterocycles. The maximum Gasteiger partial charge on any atom is 0.0710 e. The van der Waals surface area contributed by atoms with E-state index in [4.69, 9.17) is 5.26 Å². The standard InChI is InChI=1S/C8H14N2/c1-3-8(6-9)4-5-10(2)7-8/h3-5,7H2,1-2H3. The smallest absolute Gasteiger partial charge is 0.0710 e. The van der Waals surface area contributed by atoms with Crippen molar-refractivity contribution >= 4 is 0 Å². The average molecular weight is 138 g/mol. The van der Waals surface area contributed by atoms with Gasteiger partial charge in [0.25, 0.3) is 0 Å². The summed E-state index contributed by atoms with van der Waals surface area (Å²) in [6.07, 6.45) is 2.05. The predicted molar refractivity (Wildman–Crippen MR) is 40.5 cm³/mol. The van der Waals surface area contributed by atoms with Crippen LogP contribution in [0.25, 0.3) is 0 Å². The van der Waals surface area contributed by atoms with E-state index < -0.39 is 0 Å². The maximum atomic E-state index is 8.86. The van der Waals surface area contributed by atoms with Crippen LogP contribution in [0, 0.1) is 16.7 Å². The summed E-state index contributed by atoms with van der Waals surface area (Å²) in [7, 11) is 2.08. The molecule has 2 heteroatoms. The van der Waals surface area contributed by atoms with Crippen molar-refractivity contribution in [2.24, 2.45) is 5.41 Å². The van der Waals surface area contributed by atoms with E-state index >= 15 is 0 Å². The maximum absolute atomic E-state index is 8.86. The lowest BCUT2D eigenvalue weighted by Gasteiger charge is -2.16. The third kappa shape index (κ3) is 1.15. The summed E-state index contributed by atoms with van der Waals surface area (Å²) in [6.45, 7) is 4.14. The second kappa shape index (κ2) is 2.59. The van der Waals surface area contributed by atoms with E-state index in [1.54, 1.807) is 0 Å². The van der Waals surface area contributed by atoms with Gasteiger partial charge in [0.15, 0.2) is 0 Å². The Labute approximate surface area is 62.4 Å². The van der Waals surface area contributed by atoms with Gasteiger partial charge in [-0.1, -0.05) is 6.92 Å². The van der Waals surface area contributed by atoms with Crippen molar-refractivity contribution in [3.8, 4) is 6.07 Å². The Morgan fingerprint density at radius 3 is 2.60 bits per heavy atom. The Hall–Kier alpha value is -0.550. The lowest BCUT2D eigenvalue weighted by molar-refractivity contribution is 0.345. The molecule has 0 aliphatic carbocycles. The topological polar surface area (TPSA) is 27.0 Å². The van der Waals surface area contributed by atoms with E-state index in [9.17, 15) is 0 Å². The van der Waals surface area contributed by atoms with E-state index in [-0.39, 0.29) is 5.41 Å². The monoisotopic (exact) mass is 138 g/mol. The predicted octanol–water partition coefficient (Wildman–Crippen LogP) is 1.24. The lowest BCUT2D eigenvalue weighted by Crippen LogP contribution is -2.22. The van der Waals surface area contributed by atoms with E-state index in [0.29, 0.717) is 0 Å². The zero-order valence-electron chi connectivity index (χ0n) is 6.72. The Bertz CT molecular complexity index is 159. The Morgan fingerprint density at radius 2 is 2.40 bits per heavy atom. The molecule has 0 aromatic rings. The summed E-state index contributed by atoms with van der Waals surface area (Å²) in [5.41, 5.74) is -0.0191. The van der Waals surface area contributed by atoms with E-state index in [1.807, 2.05) is 0 Å². The summed E-state index contributed by atoms with van der Waals surface area (Å²) < 4.78 is 0. The average Bonchev–Trinajstić information content (AvgIpc) is 2.33. The molecule has 0 amide bonds. The molecule has 0 aromatic heterocycles. The molecule has 0 radical (unpaired) electrons. The summed E-state index contributed by atoms with van der Waals surface area (Å²) in [5.74, 6) is 0. The lowest BCUT2D eigenvalue weighted by atomic mass is 9.86. The molecule has 0 bridgehead atoms. The normalized spacial score (nSPS) is 34.1. The SMILES string of the molecule is CCC1(C#N)CCN(C)C1. The van der Waals surface area contributed by atoms with Crippen molar-refractivity contribution in [3.63, 3.8) is 0 Å². The van der Waals surface area contributed by atoms with Crippen LogP contribution in [-0.2, 0) is 0 Å². The second-order valence-corrected chi connectivity index (χ2v) is 3.23. The van der Waals surface area contributed by atoms with Gasteiger partial charge in [-0.3, -0.25) is 0 Å². The van der Waals surface area contributed by atoms with Gasteiger partial charge < -0.3 is 4.90 Å². The molecule has 10 heavy (non-hydrogen) atoms. The first-order chi connectivity index (χ1) is 4.72. The first kappa shape index (κ1) is 7.56. The molecular formula is C8H14N2. The fourth-order valence-corrected chi connectivity index (χ4v) is 1.54. The number of likely N-dealkylation sites (tertiary alicyclic amines) is 1. The Kier molecular flexibility index (Phi) is 1.96. The largest absolute Gasteiger partial charge is 0.305 e. The summed E-state index contributed by atoms with van der Waals surface area (Å²) >= 11 is 0. The van der Waals surface area contributed by atoms with Crippen molar-refractivity contribution in [3.05, 3.63) is 0 Å². The van der Waals surface area contributed by atoms with Crippen LogP contribution in [0.15, 0.2) is 0 Å². The minimum absolute atomic E-state index is 0.0191. The van der Waals surface area contributed by atoms with Crippen LogP contribution in [-0.4, -0.2) is 25.0 Å². The minimum atomic E-state index is -0.0191. The van der Waals surface area contributed by atoms with Crippen LogP contribution in [0.5, 0.6) is 0 Å². The number of nitriles is 1. The van der Waals surface area contributed by atoms with Crippen molar-refractivity contribution < 1.29 is 0 Å². The minimum Gasteiger partial charge on any atom is -0.305 e. The van der Waals surface area contributed by atoms with Crippen LogP contribution in [0.3, 0.4) is 0 Å². The van der Waals surface area contributed by atoms with Gasteiger partial charge >= 0.3 is 0 Å². The van der Waals surface area contributed by atoms with Crippen molar-refractivity contribution in [2.45, 2.75) is 19.8 Å². The molecule has 0 saturated carbocycles. The zero-order chi connectivity index (χ0) is 7.61. The van der Waals surface area contributed by atoms with Gasteiger partial charge in [0, 0.05) is 6.54 Å². The summed E-state index contributed by atoms with van der Waals surface area (Å²) in [4.78, 5) is 2.23. The highest BCUT2D eigenvalue weighted by atomic mass is 15.1. The van der Waals surface area contributed by atoms with Crippen LogP contribution in [0.4, 0.5) is 0 Å². The molecule has 0 N–H and O–H groups in total. The quantitative estimate of drug-likeness (QED) is 0.545. The highest BCUT2D eigenvalue weighted by Crippen LogP contribution is 2.31. The van der Waals surface area contributed by atoms with Crippen LogP contribution in [0.1, 0.15) is 19.8 Å². The fraction of sp³-hybridized carbons (Fsp3) is 0.875. The molecule has 1 atom stereocenters. The van der Waals surface area contributed by atoms with Gasteiger partial charge in [-0.2, -0.15) is 5.26 Å². The van der Waals surface area contributed by atoms with E-state index in [2.05, 4.69) is 24.9 Å². The molecule has 1 aliphatic rings. The van der Waals surface area contributed by atoms with Crippen LogP contribution >= 0.6 is 0 Å². The van der Waals surface area contributed by atoms with Crippen molar-refractivity contribution in [2.75, 3.05) is 20.1 Å². The first-order valence-corrected chi connectivity index (χ1v) is 3.82. The molecule has 0 spiro atoms. The first-order valence-electron chi connectivity index (χ1n) is 3.82. The number of rotatable bonds is 1. The van der Waals surface area contributed by atoms with Crippen LogP contribution in [0.2, 0.25) is 0 Å². The van der Waals surface area contributed by atoms with Gasteiger partial charge in [-0.05, 0) is 26.4 Å². The summed E-state index contributed by atoms with van der Waals surface area (Å²) in [5, 5.41) is 8.86. The number of nitrogens with zero attached hydrogens (tertiary/aromatic N) is 2. The van der Waals surface area contributed by atoms with Crippen molar-refractivity contribution in [1.29, 1.82) is 5.26 Å². The third-order valence-electron chi connectivity index (χ3n) is 2.46. The highest BCUT2D eigenvalue weighted by Gasteiger charge is 2.34. The fourth-order valence-electron chi connectivity index (χ4n) is 1.54. The second-order valence-electron chi connectivity index (χ2n) is 3.23. The Morgan fingerprint density at radius 1 is 1.70 bits per heavy atom. The Balaban J connectivity index is 2.62. The summed E-state index contributed by atoms with van der Waals surface area (Å²) in [6, 6.07) is 2.42. The molecule has 1 unspecified atom stereocenters. The molecule has 1 saturated heterocycles. The molecular weight excluding hydrogens is 124 g/mol. The molecule has 56 valence electrons. The molecule has 2 nitrogen and oxygen atoms in total. The molecule has 1 aliphatic heterocycles. The number of hydrogen-bond donors (Lipinski definition) is 0. The van der Waals surface area contributed by atoms with Gasteiger partial charge in [0.1, 0.15) is 0 Å².